The van der Waals surface area contributed by atoms with Gasteiger partial charge in [-0.1, -0.05) is 55.1 Å². The molecule has 7 nitrogen and oxygen atoms in total. The third kappa shape index (κ3) is 7.46. The highest BCUT2D eigenvalue weighted by Crippen LogP contribution is 2.25. The molecule has 0 radical (unpaired) electrons. The molecule has 0 aromatic heterocycles. The number of benzene rings is 2. The summed E-state index contributed by atoms with van der Waals surface area (Å²) in [5.74, 6) is -0.690. The van der Waals surface area contributed by atoms with Gasteiger partial charge in [-0.05, 0) is 68.5 Å². The van der Waals surface area contributed by atoms with E-state index in [1.54, 1.807) is 37.3 Å². The predicted molar refractivity (Wildman–Crippen MR) is 145 cm³/mol. The van der Waals surface area contributed by atoms with Crippen LogP contribution >= 0.6 is 11.6 Å². The van der Waals surface area contributed by atoms with Crippen LogP contribution in [-0.4, -0.2) is 50.0 Å². The Morgan fingerprint density at radius 3 is 2.31 bits per heavy atom. The summed E-state index contributed by atoms with van der Waals surface area (Å²) >= 11 is 6.03. The Kier molecular flexibility index (Phi) is 9.41. The van der Waals surface area contributed by atoms with Crippen LogP contribution in [0.25, 0.3) is 0 Å². The summed E-state index contributed by atoms with van der Waals surface area (Å²) in [7, 11) is -3.77. The molecule has 196 valence electrons. The van der Waals surface area contributed by atoms with Gasteiger partial charge in [-0.25, -0.2) is 8.42 Å². The van der Waals surface area contributed by atoms with E-state index in [9.17, 15) is 18.0 Å². The average Bonchev–Trinajstić information content (AvgIpc) is 2.83. The second-order valence-corrected chi connectivity index (χ2v) is 12.1. The molecule has 1 saturated carbocycles. The van der Waals surface area contributed by atoms with Crippen LogP contribution in [0.3, 0.4) is 0 Å². The maximum absolute atomic E-state index is 13.7. The number of sulfonamides is 1. The molecule has 1 unspecified atom stereocenters. The molecule has 36 heavy (non-hydrogen) atoms. The van der Waals surface area contributed by atoms with Crippen LogP contribution in [-0.2, 0) is 26.2 Å². The van der Waals surface area contributed by atoms with Crippen molar-refractivity contribution in [3.63, 3.8) is 0 Å². The molecule has 1 N–H and O–H groups in total. The zero-order valence-electron chi connectivity index (χ0n) is 21.5. The van der Waals surface area contributed by atoms with Crippen LogP contribution in [0.4, 0.5) is 5.69 Å². The number of nitrogens with one attached hydrogen (secondary N) is 1. The Labute approximate surface area is 219 Å². The number of nitrogens with zero attached hydrogens (tertiary/aromatic N) is 2. The van der Waals surface area contributed by atoms with Crippen LogP contribution < -0.4 is 9.62 Å². The van der Waals surface area contributed by atoms with Gasteiger partial charge in [0.2, 0.25) is 21.8 Å². The van der Waals surface area contributed by atoms with E-state index in [-0.39, 0.29) is 18.5 Å². The number of rotatable bonds is 9. The molecule has 1 fully saturated rings. The number of hydrogen-bond donors (Lipinski definition) is 1. The zero-order chi connectivity index (χ0) is 26.5. The van der Waals surface area contributed by atoms with Crippen LogP contribution in [0.1, 0.15) is 55.7 Å². The van der Waals surface area contributed by atoms with E-state index in [1.807, 2.05) is 26.0 Å². The molecule has 1 aliphatic rings. The topological polar surface area (TPSA) is 86.8 Å². The van der Waals surface area contributed by atoms with E-state index in [0.717, 1.165) is 52.9 Å². The summed E-state index contributed by atoms with van der Waals surface area (Å²) < 4.78 is 26.7. The molecule has 0 spiro atoms. The number of amides is 2. The molecule has 3 rings (SSSR count). The SMILES string of the molecule is Cc1ccc(C)c(N(CC(=O)N(Cc2ccc(Cl)cc2)C(C)C(=O)NC2CCCCC2)S(C)(=O)=O)c1. The smallest absolute Gasteiger partial charge is 0.244 e. The third-order valence-corrected chi connectivity index (χ3v) is 8.08. The Balaban J connectivity index is 1.89. The van der Waals surface area contributed by atoms with Crippen molar-refractivity contribution in [1.29, 1.82) is 0 Å². The molecule has 2 aromatic carbocycles. The summed E-state index contributed by atoms with van der Waals surface area (Å²) in [6.07, 6.45) is 6.27. The highest BCUT2D eigenvalue weighted by atomic mass is 35.5. The normalized spacial score (nSPS) is 15.2. The van der Waals surface area contributed by atoms with Gasteiger partial charge in [0, 0.05) is 17.6 Å². The molecule has 2 amide bonds. The van der Waals surface area contributed by atoms with E-state index < -0.39 is 28.5 Å². The molecule has 9 heteroatoms. The Morgan fingerprint density at radius 2 is 1.69 bits per heavy atom. The van der Waals surface area contributed by atoms with Crippen molar-refractivity contribution in [2.75, 3.05) is 17.1 Å². The molecular formula is C27H36ClN3O4S. The predicted octanol–water partition coefficient (Wildman–Crippen LogP) is 4.59. The summed E-state index contributed by atoms with van der Waals surface area (Å²) in [6.45, 7) is 5.12. The van der Waals surface area contributed by atoms with Crippen LogP contribution in [0.5, 0.6) is 0 Å². The monoisotopic (exact) mass is 533 g/mol. The lowest BCUT2D eigenvalue weighted by molar-refractivity contribution is -0.139. The lowest BCUT2D eigenvalue weighted by Crippen LogP contribution is -2.53. The first-order chi connectivity index (χ1) is 17.0. The number of anilines is 1. The van der Waals surface area contributed by atoms with Crippen molar-refractivity contribution in [3.8, 4) is 0 Å². The van der Waals surface area contributed by atoms with Gasteiger partial charge in [-0.15, -0.1) is 0 Å². The average molecular weight is 534 g/mol. The summed E-state index contributed by atoms with van der Waals surface area (Å²) in [4.78, 5) is 28.3. The first-order valence-electron chi connectivity index (χ1n) is 12.3. The first-order valence-corrected chi connectivity index (χ1v) is 14.6. The third-order valence-electron chi connectivity index (χ3n) is 6.70. The highest BCUT2D eigenvalue weighted by Gasteiger charge is 2.31. The number of hydrogen-bond acceptors (Lipinski definition) is 4. The van der Waals surface area contributed by atoms with Gasteiger partial charge in [0.05, 0.1) is 11.9 Å². The van der Waals surface area contributed by atoms with Gasteiger partial charge >= 0.3 is 0 Å². The fraction of sp³-hybridized carbons (Fsp3) is 0.481. The van der Waals surface area contributed by atoms with Gasteiger partial charge in [-0.2, -0.15) is 0 Å². The minimum absolute atomic E-state index is 0.101. The second-order valence-electron chi connectivity index (χ2n) is 9.73. The molecule has 0 aliphatic heterocycles. The quantitative estimate of drug-likeness (QED) is 0.511. The summed E-state index contributed by atoms with van der Waals surface area (Å²) in [5.41, 5.74) is 2.88. The van der Waals surface area contributed by atoms with Crippen molar-refractivity contribution in [2.24, 2.45) is 0 Å². The van der Waals surface area contributed by atoms with Gasteiger partial charge in [0.15, 0.2) is 0 Å². The van der Waals surface area contributed by atoms with Crippen molar-refractivity contribution in [3.05, 3.63) is 64.2 Å². The molecular weight excluding hydrogens is 498 g/mol. The summed E-state index contributed by atoms with van der Waals surface area (Å²) in [5, 5.41) is 3.66. The van der Waals surface area contributed by atoms with Crippen LogP contribution in [0.15, 0.2) is 42.5 Å². The van der Waals surface area contributed by atoms with E-state index in [1.165, 1.54) is 11.3 Å². The zero-order valence-corrected chi connectivity index (χ0v) is 23.0. The van der Waals surface area contributed by atoms with Crippen LogP contribution in [0.2, 0.25) is 5.02 Å². The summed E-state index contributed by atoms with van der Waals surface area (Å²) in [6, 6.07) is 11.9. The first kappa shape index (κ1) is 28.0. The fourth-order valence-electron chi connectivity index (χ4n) is 4.52. The van der Waals surface area contributed by atoms with Gasteiger partial charge in [0.1, 0.15) is 12.6 Å². The molecule has 0 heterocycles. The van der Waals surface area contributed by atoms with Crippen molar-refractivity contribution in [1.82, 2.24) is 10.2 Å². The molecule has 0 bridgehead atoms. The van der Waals surface area contributed by atoms with Crippen molar-refractivity contribution < 1.29 is 18.0 Å². The van der Waals surface area contributed by atoms with E-state index >= 15 is 0 Å². The Morgan fingerprint density at radius 1 is 1.06 bits per heavy atom. The maximum atomic E-state index is 13.7. The Bertz CT molecular complexity index is 1180. The minimum atomic E-state index is -3.77. The van der Waals surface area contributed by atoms with E-state index in [4.69, 9.17) is 11.6 Å². The van der Waals surface area contributed by atoms with Crippen molar-refractivity contribution >= 4 is 39.1 Å². The van der Waals surface area contributed by atoms with Crippen molar-refractivity contribution in [2.45, 2.75) is 71.5 Å². The lowest BCUT2D eigenvalue weighted by atomic mass is 9.95. The molecule has 0 saturated heterocycles. The largest absolute Gasteiger partial charge is 0.352 e. The number of halogens is 1. The number of carbonyl (C=O) groups excluding carboxylic acids is 2. The van der Waals surface area contributed by atoms with Gasteiger partial charge in [0.25, 0.3) is 0 Å². The van der Waals surface area contributed by atoms with Gasteiger partial charge < -0.3 is 10.2 Å². The van der Waals surface area contributed by atoms with Crippen LogP contribution in [0, 0.1) is 13.8 Å². The standard InChI is InChI=1S/C27H36ClN3O4S/c1-19-10-11-20(2)25(16-19)31(36(4,34)35)18-26(32)30(17-22-12-14-23(28)15-13-22)21(3)27(33)29-24-8-6-5-7-9-24/h10-16,21,24H,5-9,17-18H2,1-4H3,(H,29,33). The molecule has 1 atom stereocenters. The minimum Gasteiger partial charge on any atom is -0.352 e. The highest BCUT2D eigenvalue weighted by molar-refractivity contribution is 7.92. The number of carbonyl (C=O) groups is 2. The van der Waals surface area contributed by atoms with E-state index in [0.29, 0.717) is 10.7 Å². The molecule has 1 aliphatic carbocycles. The maximum Gasteiger partial charge on any atom is 0.244 e. The molecule has 2 aromatic rings. The lowest BCUT2D eigenvalue weighted by Gasteiger charge is -2.33. The Hall–Kier alpha value is -2.58. The number of aryl methyl sites for hydroxylation is 2. The van der Waals surface area contributed by atoms with E-state index in [2.05, 4.69) is 5.32 Å². The fourth-order valence-corrected chi connectivity index (χ4v) is 5.55. The van der Waals surface area contributed by atoms with Gasteiger partial charge in [-0.3, -0.25) is 13.9 Å². The second kappa shape index (κ2) is 12.1.